The van der Waals surface area contributed by atoms with Crippen LogP contribution in [0.3, 0.4) is 0 Å². The van der Waals surface area contributed by atoms with Crippen molar-refractivity contribution in [3.63, 3.8) is 0 Å². The number of rotatable bonds is 10. The summed E-state index contributed by atoms with van der Waals surface area (Å²) in [6, 6.07) is 3.83. The molecule has 0 aromatic heterocycles. The molecule has 0 amide bonds. The normalized spacial score (nSPS) is 39.0. The molecule has 5 heteroatoms. The molecule has 6 aliphatic rings. The van der Waals surface area contributed by atoms with Crippen molar-refractivity contribution in [2.75, 3.05) is 6.61 Å². The maximum Gasteiger partial charge on any atom is 2.00 e. The van der Waals surface area contributed by atoms with Gasteiger partial charge in [0.05, 0.1) is 0 Å². The smallest absolute Gasteiger partial charge is 1.00 e. The maximum absolute atomic E-state index is 6.91. The zero-order valence-electron chi connectivity index (χ0n) is 27.0. The minimum atomic E-state index is -1.53. The Kier molecular flexibility index (Phi) is 14.1. The molecule has 0 saturated heterocycles. The van der Waals surface area contributed by atoms with E-state index in [1.54, 1.807) is 0 Å². The van der Waals surface area contributed by atoms with E-state index in [0.717, 1.165) is 65.8 Å². The Morgan fingerprint density at radius 3 is 1.40 bits per heavy atom. The summed E-state index contributed by atoms with van der Waals surface area (Å²) in [5.41, 5.74) is 0.391. The van der Waals surface area contributed by atoms with Crippen LogP contribution in [0.1, 0.15) is 91.9 Å². The van der Waals surface area contributed by atoms with Gasteiger partial charge in [0.15, 0.2) is 8.32 Å². The summed E-state index contributed by atoms with van der Waals surface area (Å²) >= 11 is 0. The summed E-state index contributed by atoms with van der Waals surface area (Å²) in [7, 11) is -1.53. The molecule has 6 aliphatic carbocycles. The number of allylic oxidation sites excluding steroid dienone is 8. The zero-order chi connectivity index (χ0) is 27.0. The van der Waals surface area contributed by atoms with Gasteiger partial charge in [-0.1, -0.05) is 102 Å². The molecular weight excluding hydrogens is 651 g/mol. The molecule has 0 spiro atoms. The van der Waals surface area contributed by atoms with Crippen molar-refractivity contribution in [1.29, 1.82) is 0 Å². The monoisotopic (exact) mass is 706 g/mol. The first-order valence-electron chi connectivity index (χ1n) is 17.4. The average molecular weight is 709 g/mol. The van der Waals surface area contributed by atoms with Gasteiger partial charge in [-0.15, -0.1) is 0 Å². The van der Waals surface area contributed by atoms with E-state index in [1.165, 1.54) is 82.3 Å². The predicted molar refractivity (Wildman–Crippen MR) is 169 cm³/mol. The first-order valence-corrected chi connectivity index (χ1v) is 19.9. The average Bonchev–Trinajstić information content (AvgIpc) is 3.52. The van der Waals surface area contributed by atoms with E-state index in [2.05, 4.69) is 76.3 Å². The Morgan fingerprint density at radius 1 is 0.619 bits per heavy atom. The molecule has 0 N–H and O–H groups in total. The summed E-state index contributed by atoms with van der Waals surface area (Å²) in [4.78, 5) is 0. The molecule has 4 fully saturated rings. The van der Waals surface area contributed by atoms with Gasteiger partial charge in [0.1, 0.15) is 0 Å². The summed E-state index contributed by atoms with van der Waals surface area (Å²) in [5.74, 6) is 8.47. The molecule has 6 rings (SSSR count). The second-order valence-corrected chi connectivity index (χ2v) is 19.6. The third-order valence-corrected chi connectivity index (χ3v) is 18.3. The van der Waals surface area contributed by atoms with Crippen molar-refractivity contribution in [2.24, 2.45) is 64.6 Å². The minimum Gasteiger partial charge on any atom is -1.00 e. The van der Waals surface area contributed by atoms with E-state index in [9.17, 15) is 0 Å². The molecule has 0 aromatic rings. The second kappa shape index (κ2) is 15.9. The Labute approximate surface area is 291 Å². The van der Waals surface area contributed by atoms with Gasteiger partial charge >= 0.3 is 26.2 Å². The van der Waals surface area contributed by atoms with E-state index in [-0.39, 0.29) is 51.0 Å². The fourth-order valence-electron chi connectivity index (χ4n) is 11.9. The van der Waals surface area contributed by atoms with Gasteiger partial charge in [-0.05, 0) is 121 Å². The molecule has 1 nitrogen and oxygen atoms in total. The molecule has 4 saturated carbocycles. The fourth-order valence-corrected chi connectivity index (χ4v) is 14.6. The van der Waals surface area contributed by atoms with E-state index in [4.69, 9.17) is 4.43 Å². The van der Waals surface area contributed by atoms with E-state index in [1.807, 2.05) is 0 Å². The quantitative estimate of drug-likeness (QED) is 0.242. The Morgan fingerprint density at radius 2 is 1.00 bits per heavy atom. The summed E-state index contributed by atoms with van der Waals surface area (Å²) in [6.45, 7) is 11.0. The van der Waals surface area contributed by atoms with Crippen LogP contribution in [0.2, 0.25) is 18.1 Å². The van der Waals surface area contributed by atoms with E-state index < -0.39 is 8.32 Å². The predicted octanol–water partition coefficient (Wildman–Crippen LogP) is 4.39. The van der Waals surface area contributed by atoms with E-state index in [0.29, 0.717) is 5.41 Å². The Hall–Kier alpha value is 0.600. The van der Waals surface area contributed by atoms with Gasteiger partial charge in [0, 0.05) is 6.61 Å². The molecular formula is C37H58Cl2OSiZr. The molecule has 42 heavy (non-hydrogen) atoms. The molecule has 10 atom stereocenters. The third kappa shape index (κ3) is 6.55. The minimum absolute atomic E-state index is 0. The number of hydrogen-bond acceptors (Lipinski definition) is 1. The van der Waals surface area contributed by atoms with Gasteiger partial charge in [0.25, 0.3) is 0 Å². The molecule has 0 bridgehead atoms. The molecule has 234 valence electrons. The van der Waals surface area contributed by atoms with Gasteiger partial charge < -0.3 is 29.2 Å². The first kappa shape index (κ1) is 37.1. The molecule has 0 radical (unpaired) electrons. The SMILES string of the molecule is CC[Si](CC)(CC)OCCCC(C)(C1C2C=CC=CC2C2CCCCC21)C1C2C=CC=CC2C2CCCCC21.[Cl-].[Cl-].[Zr+2]. The van der Waals surface area contributed by atoms with E-state index >= 15 is 0 Å². The molecule has 0 aliphatic heterocycles. The topological polar surface area (TPSA) is 9.23 Å². The third-order valence-electron chi connectivity index (χ3n) is 13.7. The van der Waals surface area contributed by atoms with Crippen LogP contribution in [0.15, 0.2) is 48.6 Å². The molecule has 10 unspecified atom stereocenters. The fraction of sp³-hybridized carbons (Fsp3) is 0.784. The largest absolute Gasteiger partial charge is 2.00 e. The van der Waals surface area contributed by atoms with Gasteiger partial charge in [-0.3, -0.25) is 0 Å². The Balaban J connectivity index is 0.00000161. The van der Waals surface area contributed by atoms with Crippen LogP contribution >= 0.6 is 0 Å². The van der Waals surface area contributed by atoms with Crippen LogP contribution in [0.25, 0.3) is 0 Å². The molecule has 0 heterocycles. The van der Waals surface area contributed by atoms with Crippen LogP contribution in [0.4, 0.5) is 0 Å². The number of hydrogen-bond donors (Lipinski definition) is 0. The zero-order valence-corrected chi connectivity index (χ0v) is 31.9. The van der Waals surface area contributed by atoms with Crippen molar-refractivity contribution in [2.45, 2.75) is 110 Å². The van der Waals surface area contributed by atoms with Crippen LogP contribution in [-0.2, 0) is 30.6 Å². The standard InChI is InChI=1S/C37H58OSi.2ClH.Zr/c1-5-39(6-2,7-3)38-26-16-25-37(4,35-31-21-12-8-17-27(31)28-18-9-13-22-32(28)35)36-33-23-14-10-19-29(33)30-20-11-15-24-34(30)36;;;/h8,10,12,14,17,19,21,23,27-36H,5-7,9,11,13,15-16,18,20,22,24-26H2,1-4H3;2*1H;/q;;;+2/p-2. The maximum atomic E-state index is 6.91. The van der Waals surface area contributed by atoms with Crippen molar-refractivity contribution >= 4 is 8.32 Å². The molecule has 0 aromatic carbocycles. The number of fused-ring (bicyclic) bond motifs is 6. The summed E-state index contributed by atoms with van der Waals surface area (Å²) in [6.07, 6.45) is 34.7. The van der Waals surface area contributed by atoms with Crippen molar-refractivity contribution in [3.8, 4) is 0 Å². The first-order chi connectivity index (χ1) is 19.1. The second-order valence-electron chi connectivity index (χ2n) is 14.8. The summed E-state index contributed by atoms with van der Waals surface area (Å²) < 4.78 is 6.91. The summed E-state index contributed by atoms with van der Waals surface area (Å²) in [5, 5.41) is 0. The van der Waals surface area contributed by atoms with Crippen molar-refractivity contribution in [1.82, 2.24) is 0 Å². The van der Waals surface area contributed by atoms with Crippen molar-refractivity contribution in [3.05, 3.63) is 48.6 Å². The van der Waals surface area contributed by atoms with Crippen molar-refractivity contribution < 1.29 is 55.4 Å². The van der Waals surface area contributed by atoms with Gasteiger partial charge in [-0.2, -0.15) is 0 Å². The van der Waals surface area contributed by atoms with Crippen LogP contribution in [0, 0.1) is 64.6 Å². The number of halogens is 2. The van der Waals surface area contributed by atoms with Crippen LogP contribution < -0.4 is 24.8 Å². The van der Waals surface area contributed by atoms with Crippen LogP contribution in [-0.4, -0.2) is 14.9 Å². The Bertz CT molecular complexity index is 905. The van der Waals surface area contributed by atoms with Gasteiger partial charge in [0.2, 0.25) is 0 Å². The van der Waals surface area contributed by atoms with Crippen LogP contribution in [0.5, 0.6) is 0 Å². The van der Waals surface area contributed by atoms with Gasteiger partial charge in [-0.25, -0.2) is 0 Å².